The minimum Gasteiger partial charge on any atom is -0.479 e. The van der Waals surface area contributed by atoms with Crippen molar-refractivity contribution in [1.82, 2.24) is 4.90 Å². The molecular weight excluding hydrogens is 260 g/mol. The van der Waals surface area contributed by atoms with E-state index in [9.17, 15) is 19.5 Å². The Hall–Kier alpha value is -1.54. The van der Waals surface area contributed by atoms with Crippen molar-refractivity contribution >= 4 is 29.6 Å². The van der Waals surface area contributed by atoms with Crippen molar-refractivity contribution in [3.63, 3.8) is 0 Å². The highest BCUT2D eigenvalue weighted by molar-refractivity contribution is 8.00. The van der Waals surface area contributed by atoms with Crippen molar-refractivity contribution in [2.45, 2.75) is 24.4 Å². The Kier molecular flexibility index (Phi) is 3.31. The van der Waals surface area contributed by atoms with E-state index in [0.717, 1.165) is 6.26 Å². The summed E-state index contributed by atoms with van der Waals surface area (Å²) in [5, 5.41) is 8.86. The fraction of sp³-hybridized carbons (Fsp3) is 0.500. The maximum atomic E-state index is 11.6. The maximum absolute atomic E-state index is 11.6. The van der Waals surface area contributed by atoms with Gasteiger partial charge in [-0.25, -0.2) is 4.79 Å². The molecule has 2 aliphatic rings. The number of carboxylic acid groups (broad SMARTS) is 1. The van der Waals surface area contributed by atoms with E-state index in [2.05, 4.69) is 4.74 Å². The minimum atomic E-state index is -1.15. The van der Waals surface area contributed by atoms with Gasteiger partial charge < -0.3 is 20.5 Å². The zero-order valence-electron chi connectivity index (χ0n) is 9.53. The molecule has 2 heterocycles. The molecule has 3 atom stereocenters. The number of rotatable bonds is 2. The zero-order valence-corrected chi connectivity index (χ0v) is 10.3. The molecule has 0 aromatic heterocycles. The highest BCUT2D eigenvalue weighted by Crippen LogP contribution is 2.39. The van der Waals surface area contributed by atoms with Gasteiger partial charge in [-0.3, -0.25) is 9.59 Å². The number of ether oxygens (including phenoxy) is 1. The number of amides is 1. The summed E-state index contributed by atoms with van der Waals surface area (Å²) in [6.07, 6.45) is 1.11. The van der Waals surface area contributed by atoms with Crippen molar-refractivity contribution in [2.75, 3.05) is 5.75 Å². The molecule has 0 saturated carbocycles. The molecule has 18 heavy (non-hydrogen) atoms. The van der Waals surface area contributed by atoms with Gasteiger partial charge in [0.05, 0.1) is 6.26 Å². The number of esters is 1. The molecule has 0 spiro atoms. The van der Waals surface area contributed by atoms with E-state index in [1.807, 2.05) is 0 Å². The second-order valence-corrected chi connectivity index (χ2v) is 5.12. The lowest BCUT2D eigenvalue weighted by Gasteiger charge is -2.51. The number of carboxylic acids is 1. The van der Waals surface area contributed by atoms with Crippen LogP contribution in [0, 0.1) is 0 Å². The second-order valence-electron chi connectivity index (χ2n) is 4.02. The smallest absolute Gasteiger partial charge is 0.330 e. The van der Waals surface area contributed by atoms with Crippen molar-refractivity contribution in [1.29, 1.82) is 0 Å². The predicted octanol–water partition coefficient (Wildman–Crippen LogP) is -0.871. The number of aliphatic carboxylic acids is 1. The minimum absolute atomic E-state index is 0.312. The first kappa shape index (κ1) is 12.9. The number of nitrogens with zero attached hydrogens (tertiary/aromatic N) is 1. The molecule has 1 amide bonds. The van der Waals surface area contributed by atoms with E-state index in [4.69, 9.17) is 5.73 Å². The van der Waals surface area contributed by atoms with Gasteiger partial charge in [-0.2, -0.15) is 0 Å². The SMILES string of the molecule is CC(=O)O/C=C1/CS[C@@H]2C(N)C(=O)N2C1C(=O)O. The number of carbonyl (C=O) groups excluding carboxylic acids is 2. The summed E-state index contributed by atoms with van der Waals surface area (Å²) in [6, 6.07) is -1.74. The number of thioether (sulfide) groups is 1. The summed E-state index contributed by atoms with van der Waals surface area (Å²) in [5.41, 5.74) is 5.97. The fourth-order valence-electron chi connectivity index (χ4n) is 1.94. The highest BCUT2D eigenvalue weighted by atomic mass is 32.2. The Morgan fingerprint density at radius 3 is 2.83 bits per heavy atom. The summed E-state index contributed by atoms with van der Waals surface area (Å²) >= 11 is 1.36. The van der Waals surface area contributed by atoms with Crippen molar-refractivity contribution in [3.8, 4) is 0 Å². The van der Waals surface area contributed by atoms with Gasteiger partial charge in [-0.1, -0.05) is 0 Å². The standard InChI is InChI=1S/C10H12N2O5S/c1-4(13)17-2-5-3-18-9-6(11)8(14)12(9)7(5)10(15)16/h2,6-7,9H,3,11H2,1H3,(H,15,16)/b5-2-/t6?,7?,9-/m1/s1. The Labute approximate surface area is 107 Å². The number of β-lactam (4-membered cyclic amide) rings is 1. The van der Waals surface area contributed by atoms with E-state index in [-0.39, 0.29) is 5.37 Å². The molecule has 2 saturated heterocycles. The summed E-state index contributed by atoms with van der Waals surface area (Å²) in [6.45, 7) is 1.22. The zero-order chi connectivity index (χ0) is 13.4. The lowest BCUT2D eigenvalue weighted by Crippen LogP contribution is -2.73. The Morgan fingerprint density at radius 1 is 1.61 bits per heavy atom. The van der Waals surface area contributed by atoms with E-state index >= 15 is 0 Å². The Balaban J connectivity index is 2.23. The Bertz CT molecular complexity index is 450. The predicted molar refractivity (Wildman–Crippen MR) is 62.3 cm³/mol. The lowest BCUT2D eigenvalue weighted by atomic mass is 9.99. The first-order valence-electron chi connectivity index (χ1n) is 5.22. The maximum Gasteiger partial charge on any atom is 0.330 e. The molecule has 7 nitrogen and oxygen atoms in total. The van der Waals surface area contributed by atoms with E-state index < -0.39 is 29.9 Å². The number of nitrogens with two attached hydrogens (primary N) is 1. The number of hydrogen-bond acceptors (Lipinski definition) is 6. The molecule has 0 aromatic carbocycles. The third-order valence-corrected chi connectivity index (χ3v) is 4.14. The number of fused-ring (bicyclic) bond motifs is 1. The van der Waals surface area contributed by atoms with Crippen LogP contribution in [0.25, 0.3) is 0 Å². The summed E-state index contributed by atoms with van der Waals surface area (Å²) in [7, 11) is 0. The number of carbonyl (C=O) groups is 3. The van der Waals surface area contributed by atoms with Crippen LogP contribution in [0.3, 0.4) is 0 Å². The van der Waals surface area contributed by atoms with Crippen molar-refractivity contribution in [2.24, 2.45) is 5.73 Å². The van der Waals surface area contributed by atoms with Gasteiger partial charge in [0.25, 0.3) is 0 Å². The summed E-state index contributed by atoms with van der Waals surface area (Å²) in [5.74, 6) is -1.72. The first-order valence-corrected chi connectivity index (χ1v) is 6.26. The molecule has 0 bridgehead atoms. The third-order valence-electron chi connectivity index (χ3n) is 2.78. The third kappa shape index (κ3) is 1.97. The first-order chi connectivity index (χ1) is 8.43. The quantitative estimate of drug-likeness (QED) is 0.382. The normalized spacial score (nSPS) is 32.8. The molecule has 0 radical (unpaired) electrons. The molecule has 0 aliphatic carbocycles. The van der Waals surface area contributed by atoms with Crippen LogP contribution >= 0.6 is 11.8 Å². The fourth-order valence-corrected chi connectivity index (χ4v) is 3.24. The van der Waals surface area contributed by atoms with Gasteiger partial charge >= 0.3 is 11.9 Å². The molecule has 2 fully saturated rings. The van der Waals surface area contributed by atoms with Gasteiger partial charge in [-0.05, 0) is 0 Å². The molecule has 8 heteroatoms. The van der Waals surface area contributed by atoms with Gasteiger partial charge in [-0.15, -0.1) is 11.8 Å². The second kappa shape index (κ2) is 4.62. The summed E-state index contributed by atoms with van der Waals surface area (Å²) in [4.78, 5) is 34.7. The van der Waals surface area contributed by atoms with E-state index in [1.165, 1.54) is 23.6 Å². The number of hydrogen-bond donors (Lipinski definition) is 2. The average molecular weight is 272 g/mol. The Morgan fingerprint density at radius 2 is 2.28 bits per heavy atom. The molecule has 2 aliphatic heterocycles. The molecule has 98 valence electrons. The van der Waals surface area contributed by atoms with Crippen molar-refractivity contribution in [3.05, 3.63) is 11.8 Å². The van der Waals surface area contributed by atoms with E-state index in [1.54, 1.807) is 0 Å². The van der Waals surface area contributed by atoms with Crippen LogP contribution in [0.2, 0.25) is 0 Å². The molecule has 3 N–H and O–H groups in total. The van der Waals surface area contributed by atoms with Crippen LogP contribution in [0.15, 0.2) is 11.8 Å². The lowest BCUT2D eigenvalue weighted by molar-refractivity contribution is -0.158. The van der Waals surface area contributed by atoms with Crippen LogP contribution < -0.4 is 5.73 Å². The largest absolute Gasteiger partial charge is 0.479 e. The van der Waals surface area contributed by atoms with Crippen molar-refractivity contribution < 1.29 is 24.2 Å². The topological polar surface area (TPSA) is 110 Å². The van der Waals surface area contributed by atoms with Crippen LogP contribution in [0.4, 0.5) is 0 Å². The monoisotopic (exact) mass is 272 g/mol. The van der Waals surface area contributed by atoms with Crippen LogP contribution in [-0.4, -0.2) is 51.1 Å². The van der Waals surface area contributed by atoms with Gasteiger partial charge in [0.2, 0.25) is 5.91 Å². The van der Waals surface area contributed by atoms with Crippen LogP contribution in [0.1, 0.15) is 6.92 Å². The molecule has 0 aromatic rings. The molecular formula is C10H12N2O5S. The highest BCUT2D eigenvalue weighted by Gasteiger charge is 2.54. The van der Waals surface area contributed by atoms with E-state index in [0.29, 0.717) is 11.3 Å². The van der Waals surface area contributed by atoms with Gasteiger partial charge in [0.15, 0.2) is 6.04 Å². The summed E-state index contributed by atoms with van der Waals surface area (Å²) < 4.78 is 4.68. The molecule has 2 unspecified atom stereocenters. The van der Waals surface area contributed by atoms with Gasteiger partial charge in [0, 0.05) is 18.2 Å². The molecule has 2 rings (SSSR count). The van der Waals surface area contributed by atoms with Crippen LogP contribution in [-0.2, 0) is 19.1 Å². The average Bonchev–Trinajstić information content (AvgIpc) is 2.33. The van der Waals surface area contributed by atoms with Gasteiger partial charge in [0.1, 0.15) is 11.4 Å². The van der Waals surface area contributed by atoms with Crippen LogP contribution in [0.5, 0.6) is 0 Å².